The maximum Gasteiger partial charge on any atom is 0.306 e. The van der Waals surface area contributed by atoms with Crippen LogP contribution in [0.5, 0.6) is 0 Å². The number of ether oxygens (including phenoxy) is 4. The van der Waals surface area contributed by atoms with Crippen molar-refractivity contribution < 1.29 is 49.0 Å². The van der Waals surface area contributed by atoms with Crippen molar-refractivity contribution in [3.8, 4) is 0 Å². The van der Waals surface area contributed by atoms with E-state index in [0.29, 0.717) is 6.42 Å². The van der Waals surface area contributed by atoms with Crippen LogP contribution in [-0.4, -0.2) is 89.0 Å². The molecule has 0 aromatic carbocycles. The van der Waals surface area contributed by atoms with Crippen LogP contribution in [0.25, 0.3) is 0 Å². The van der Waals surface area contributed by atoms with Crippen molar-refractivity contribution in [2.45, 2.75) is 224 Å². The fraction of sp³-hybridized carbons (Fsp3) is 0.952. The summed E-state index contributed by atoms with van der Waals surface area (Å²) in [6.45, 7) is 3.45. The number of aliphatic hydroxyl groups excluding tert-OH is 4. The Morgan fingerprint density at radius 3 is 1.58 bits per heavy atom. The second kappa shape index (κ2) is 30.0. The summed E-state index contributed by atoms with van der Waals surface area (Å²) in [7, 11) is 0. The summed E-state index contributed by atoms with van der Waals surface area (Å²) in [4.78, 5) is 25.3. The molecule has 0 amide bonds. The first-order valence-electron chi connectivity index (χ1n) is 21.6. The van der Waals surface area contributed by atoms with Crippen LogP contribution in [0.2, 0.25) is 0 Å². The predicted molar refractivity (Wildman–Crippen MR) is 204 cm³/mol. The van der Waals surface area contributed by atoms with E-state index in [4.69, 9.17) is 18.9 Å². The van der Waals surface area contributed by atoms with Gasteiger partial charge in [-0.2, -0.15) is 0 Å². The van der Waals surface area contributed by atoms with E-state index < -0.39 is 49.4 Å². The SMILES string of the molecule is CCCCCCCCCCCCCCCC(=O)OC[C@H](CO[C@H]1O[C@H](CO)[C@@H](O)[C@H](O)[C@H]1O)OC(=O)CCCCCCCC1CC1CCCCCC. The van der Waals surface area contributed by atoms with Crippen molar-refractivity contribution in [3.05, 3.63) is 0 Å². The Morgan fingerprint density at radius 2 is 1.06 bits per heavy atom. The average molecular weight is 743 g/mol. The van der Waals surface area contributed by atoms with Gasteiger partial charge in [0.25, 0.3) is 0 Å². The predicted octanol–water partition coefficient (Wildman–Crippen LogP) is 8.08. The van der Waals surface area contributed by atoms with E-state index in [1.165, 1.54) is 122 Å². The highest BCUT2D eigenvalue weighted by Gasteiger charge is 2.44. The average Bonchev–Trinajstić information content (AvgIpc) is 3.90. The minimum Gasteiger partial charge on any atom is -0.462 e. The van der Waals surface area contributed by atoms with Gasteiger partial charge in [0.05, 0.1) is 13.2 Å². The van der Waals surface area contributed by atoms with Crippen molar-refractivity contribution in [2.75, 3.05) is 19.8 Å². The summed E-state index contributed by atoms with van der Waals surface area (Å²) in [5.41, 5.74) is 0. The van der Waals surface area contributed by atoms with Gasteiger partial charge in [-0.1, -0.05) is 155 Å². The van der Waals surface area contributed by atoms with E-state index in [1.807, 2.05) is 0 Å². The molecule has 0 bridgehead atoms. The first-order chi connectivity index (χ1) is 25.3. The van der Waals surface area contributed by atoms with Crippen LogP contribution in [0.4, 0.5) is 0 Å². The lowest BCUT2D eigenvalue weighted by Crippen LogP contribution is -2.59. The molecule has 0 aromatic heterocycles. The second-order valence-corrected chi connectivity index (χ2v) is 15.7. The molecule has 10 heteroatoms. The molecule has 1 saturated heterocycles. The lowest BCUT2D eigenvalue weighted by molar-refractivity contribution is -0.305. The highest BCUT2D eigenvalue weighted by molar-refractivity contribution is 5.70. The number of esters is 2. The van der Waals surface area contributed by atoms with Gasteiger partial charge in [0.2, 0.25) is 0 Å². The monoisotopic (exact) mass is 743 g/mol. The molecule has 2 unspecified atom stereocenters. The van der Waals surface area contributed by atoms with Gasteiger partial charge in [-0.3, -0.25) is 9.59 Å². The highest BCUT2D eigenvalue weighted by atomic mass is 16.7. The van der Waals surface area contributed by atoms with E-state index in [1.54, 1.807) is 0 Å². The molecule has 306 valence electrons. The van der Waals surface area contributed by atoms with Crippen molar-refractivity contribution in [3.63, 3.8) is 0 Å². The Balaban J connectivity index is 1.64. The van der Waals surface area contributed by atoms with Crippen molar-refractivity contribution in [1.82, 2.24) is 0 Å². The molecule has 0 radical (unpaired) electrons. The summed E-state index contributed by atoms with van der Waals surface area (Å²) < 4.78 is 22.2. The molecule has 1 aliphatic heterocycles. The zero-order chi connectivity index (χ0) is 37.8. The quantitative estimate of drug-likeness (QED) is 0.0376. The number of hydrogen-bond acceptors (Lipinski definition) is 10. The number of rotatable bonds is 34. The van der Waals surface area contributed by atoms with Crippen molar-refractivity contribution >= 4 is 11.9 Å². The zero-order valence-electron chi connectivity index (χ0n) is 33.1. The van der Waals surface area contributed by atoms with Gasteiger partial charge in [-0.15, -0.1) is 0 Å². The number of aliphatic hydroxyl groups is 4. The van der Waals surface area contributed by atoms with Crippen LogP contribution in [-0.2, 0) is 28.5 Å². The molecule has 1 saturated carbocycles. The molecule has 0 aromatic rings. The molecule has 2 aliphatic rings. The Morgan fingerprint density at radius 1 is 0.596 bits per heavy atom. The lowest BCUT2D eigenvalue weighted by Gasteiger charge is -2.39. The lowest BCUT2D eigenvalue weighted by atomic mass is 9.99. The zero-order valence-corrected chi connectivity index (χ0v) is 33.1. The summed E-state index contributed by atoms with van der Waals surface area (Å²) >= 11 is 0. The van der Waals surface area contributed by atoms with E-state index in [9.17, 15) is 30.0 Å². The van der Waals surface area contributed by atoms with Gasteiger partial charge < -0.3 is 39.4 Å². The molecular formula is C42H78O10. The summed E-state index contributed by atoms with van der Waals surface area (Å²) in [6.07, 6.45) is 23.0. The topological polar surface area (TPSA) is 152 Å². The van der Waals surface area contributed by atoms with Gasteiger partial charge >= 0.3 is 11.9 Å². The molecule has 52 heavy (non-hydrogen) atoms. The minimum atomic E-state index is -1.59. The molecule has 2 rings (SSSR count). The molecule has 0 spiro atoms. The molecule has 4 N–H and O–H groups in total. The third-order valence-electron chi connectivity index (χ3n) is 11.0. The first kappa shape index (κ1) is 46.9. The molecule has 2 fully saturated rings. The van der Waals surface area contributed by atoms with Crippen molar-refractivity contribution in [1.29, 1.82) is 0 Å². The smallest absolute Gasteiger partial charge is 0.306 e. The van der Waals surface area contributed by atoms with Crippen LogP contribution in [0, 0.1) is 11.8 Å². The van der Waals surface area contributed by atoms with Gasteiger partial charge in [0, 0.05) is 12.8 Å². The van der Waals surface area contributed by atoms with E-state index in [2.05, 4.69) is 13.8 Å². The molecule has 10 nitrogen and oxygen atoms in total. The number of unbranched alkanes of at least 4 members (excludes halogenated alkanes) is 19. The molecule has 1 aliphatic carbocycles. The van der Waals surface area contributed by atoms with Crippen molar-refractivity contribution in [2.24, 2.45) is 11.8 Å². The second-order valence-electron chi connectivity index (χ2n) is 15.7. The van der Waals surface area contributed by atoms with E-state index >= 15 is 0 Å². The van der Waals surface area contributed by atoms with E-state index in [-0.39, 0.29) is 32.0 Å². The van der Waals surface area contributed by atoms with Crippen LogP contribution < -0.4 is 0 Å². The van der Waals surface area contributed by atoms with Gasteiger partial charge in [0.15, 0.2) is 12.4 Å². The van der Waals surface area contributed by atoms with Gasteiger partial charge in [-0.25, -0.2) is 0 Å². The first-order valence-corrected chi connectivity index (χ1v) is 21.6. The third-order valence-corrected chi connectivity index (χ3v) is 11.0. The summed E-state index contributed by atoms with van der Waals surface area (Å²) in [6, 6.07) is 0. The standard InChI is InChI=1S/C42H78O10/c1-3-5-7-9-10-11-12-13-14-15-16-19-23-27-37(44)49-31-35(32-50-42-41(48)40(47)39(46)36(30-43)52-42)51-38(45)28-24-20-17-18-22-26-34-29-33(34)25-21-8-6-4-2/h33-36,39-43,46-48H,3-32H2,1-2H3/t33?,34?,35-,36-,39-,40+,41-,42+/m1/s1. The third kappa shape index (κ3) is 21.6. The molecular weight excluding hydrogens is 664 g/mol. The molecule has 8 atom stereocenters. The van der Waals surface area contributed by atoms with Crippen LogP contribution in [0.1, 0.15) is 187 Å². The largest absolute Gasteiger partial charge is 0.462 e. The fourth-order valence-electron chi connectivity index (χ4n) is 7.37. The highest BCUT2D eigenvalue weighted by Crippen LogP contribution is 2.45. The summed E-state index contributed by atoms with van der Waals surface area (Å²) in [5, 5.41) is 40.0. The maximum absolute atomic E-state index is 12.8. The Hall–Kier alpha value is -1.30. The Labute approximate surface area is 316 Å². The maximum atomic E-state index is 12.8. The Kier molecular flexibility index (Phi) is 27.0. The Bertz CT molecular complexity index is 885. The van der Waals surface area contributed by atoms with Crippen LogP contribution >= 0.6 is 0 Å². The summed E-state index contributed by atoms with van der Waals surface area (Å²) in [5.74, 6) is 1.11. The number of carbonyl (C=O) groups excluding carboxylic acids is 2. The fourth-order valence-corrected chi connectivity index (χ4v) is 7.37. The normalized spacial score (nSPS) is 24.8. The number of carbonyl (C=O) groups is 2. The van der Waals surface area contributed by atoms with E-state index in [0.717, 1.165) is 43.9 Å². The minimum absolute atomic E-state index is 0.207. The van der Waals surface area contributed by atoms with Gasteiger partial charge in [0.1, 0.15) is 31.0 Å². The van der Waals surface area contributed by atoms with Gasteiger partial charge in [-0.05, 0) is 31.1 Å². The van der Waals surface area contributed by atoms with Crippen LogP contribution in [0.3, 0.4) is 0 Å². The van der Waals surface area contributed by atoms with Crippen LogP contribution in [0.15, 0.2) is 0 Å². The molecule has 1 heterocycles. The number of hydrogen-bond donors (Lipinski definition) is 4.